The van der Waals surface area contributed by atoms with Crippen molar-refractivity contribution in [2.24, 2.45) is 0 Å². The fourth-order valence-electron chi connectivity index (χ4n) is 14.0. The molecule has 1 aliphatic heterocycles. The zero-order valence-electron chi connectivity index (χ0n) is 59.1. The van der Waals surface area contributed by atoms with Gasteiger partial charge in [0.1, 0.15) is 0 Å². The summed E-state index contributed by atoms with van der Waals surface area (Å²) in [5, 5.41) is 0. The summed E-state index contributed by atoms with van der Waals surface area (Å²) in [6.45, 7) is 17.0. The van der Waals surface area contributed by atoms with E-state index >= 15 is 0 Å². The van der Waals surface area contributed by atoms with Crippen molar-refractivity contribution >= 4 is 40.1 Å². The van der Waals surface area contributed by atoms with Gasteiger partial charge in [-0.15, -0.1) is 0 Å². The summed E-state index contributed by atoms with van der Waals surface area (Å²) < 4.78 is 13.5. The molecule has 12 aromatic carbocycles. The van der Waals surface area contributed by atoms with E-state index in [0.717, 1.165) is 121 Å². The van der Waals surface area contributed by atoms with Crippen LogP contribution in [0.2, 0.25) is 0 Å². The molecule has 2 aliphatic carbocycles. The lowest BCUT2D eigenvalue weighted by atomic mass is 9.68. The molecule has 0 N–H and O–H groups in total. The Kier molecular flexibility index (Phi) is 18.4. The zero-order chi connectivity index (χ0) is 71.9. The zero-order valence-corrected chi connectivity index (χ0v) is 60.7. The van der Waals surface area contributed by atoms with Crippen molar-refractivity contribution in [1.82, 2.24) is 29.9 Å². The highest BCUT2D eigenvalue weighted by Crippen LogP contribution is 2.45. The smallest absolute Gasteiger partial charge is 0.399 e. The molecule has 3 aliphatic rings. The SMILES string of the molecule is CC1(C)OB(c2cccc(-c3cccc(-c4nc(-c5ccccc5)nc(-c5ccccc5)n4)c3)c2)OC1(C)C.CC1(C)c2ccccc2C(=O)c2cc(-c3cccc(-c4cccc(-c5nc(-c6ccccc6)nc(-c6ccccc6)n5)c4)c3)ccc21.CC1(C)c2ccccc2C(=O)c2cc(Br)ccc21. The fourth-order valence-corrected chi connectivity index (χ4v) is 14.4. The van der Waals surface area contributed by atoms with Crippen LogP contribution in [0.3, 0.4) is 0 Å². The minimum absolute atomic E-state index is 0.0859. The number of nitrogens with zero attached hydrogens (tertiary/aromatic N) is 6. The van der Waals surface area contributed by atoms with Gasteiger partial charge in [0.2, 0.25) is 0 Å². The summed E-state index contributed by atoms with van der Waals surface area (Å²) in [4.78, 5) is 55.4. The molecule has 0 bridgehead atoms. The average Bonchev–Trinajstić information content (AvgIpc) is 1.01. The third-order valence-corrected chi connectivity index (χ3v) is 20.9. The van der Waals surface area contributed by atoms with Gasteiger partial charge in [-0.2, -0.15) is 0 Å². The molecule has 10 nitrogen and oxygen atoms in total. The molecule has 17 rings (SSSR count). The lowest BCUT2D eigenvalue weighted by Gasteiger charge is -2.34. The fraction of sp³-hybridized carbons (Fsp3) is 0.130. The summed E-state index contributed by atoms with van der Waals surface area (Å²) in [5.41, 5.74) is 19.3. The Balaban J connectivity index is 0.000000137. The monoisotopic (exact) mass is 1420 g/mol. The van der Waals surface area contributed by atoms with Gasteiger partial charge in [-0.1, -0.05) is 311 Å². The Labute approximate surface area is 616 Å². The second-order valence-electron chi connectivity index (χ2n) is 28.5. The Bertz CT molecular complexity index is 5460. The average molecular weight is 1420 g/mol. The van der Waals surface area contributed by atoms with Crippen molar-refractivity contribution in [1.29, 1.82) is 0 Å². The quantitative estimate of drug-likeness (QED) is 0.122. The van der Waals surface area contributed by atoms with Gasteiger partial charge in [0.15, 0.2) is 46.5 Å². The molecule has 14 aromatic rings. The molecule has 0 spiro atoms. The number of hydrogen-bond acceptors (Lipinski definition) is 10. The Morgan fingerprint density at radius 1 is 0.260 bits per heavy atom. The summed E-state index contributed by atoms with van der Waals surface area (Å²) in [6, 6.07) is 102. The van der Waals surface area contributed by atoms with E-state index in [0.29, 0.717) is 34.9 Å². The van der Waals surface area contributed by atoms with Gasteiger partial charge in [-0.3, -0.25) is 9.59 Å². The van der Waals surface area contributed by atoms with Crippen LogP contribution in [0.5, 0.6) is 0 Å². The van der Waals surface area contributed by atoms with Crippen LogP contribution in [0, 0.1) is 0 Å². The first-order valence-corrected chi connectivity index (χ1v) is 35.8. The molecule has 12 heteroatoms. The molecule has 506 valence electrons. The first-order chi connectivity index (χ1) is 50.3. The standard InChI is InChI=1S/C43H31N3O.C33H30BN3O2.C16H13BrO/c1-43(2)37-22-10-9-21-35(37)39(47)36-27-33(23-24-38(36)43)31-18-11-17-30(25-31)32-19-12-20-34(26-32)42-45-40(28-13-5-3-6-14-28)44-41(46-42)29-15-7-4-8-16-29;1-32(2)33(3,4)39-34(38-32)28-20-12-18-26(22-28)25-17-11-19-27(21-25)31-36-29(23-13-7-5-8-14-23)35-30(37-31)24-15-9-6-10-16-24;1-16(2)13-6-4-3-5-11(13)15(18)12-9-10(17)7-8-14(12)16/h3-27H,1-2H3;5-22H,1-4H3;3-9H,1-2H3. The third-order valence-electron chi connectivity index (χ3n) is 20.4. The number of hydrogen-bond donors (Lipinski definition) is 0. The van der Waals surface area contributed by atoms with E-state index in [4.69, 9.17) is 39.2 Å². The number of carbonyl (C=O) groups excluding carboxylic acids is 2. The summed E-state index contributed by atoms with van der Waals surface area (Å²) in [5.74, 6) is 4.02. The summed E-state index contributed by atoms with van der Waals surface area (Å²) >= 11 is 3.44. The maximum absolute atomic E-state index is 13.7. The predicted octanol–water partition coefficient (Wildman–Crippen LogP) is 21.2. The number of halogens is 1. The van der Waals surface area contributed by atoms with Crippen molar-refractivity contribution < 1.29 is 18.9 Å². The van der Waals surface area contributed by atoms with E-state index in [1.165, 1.54) is 0 Å². The van der Waals surface area contributed by atoms with Crippen molar-refractivity contribution in [3.8, 4) is 102 Å². The van der Waals surface area contributed by atoms with E-state index in [9.17, 15) is 9.59 Å². The van der Waals surface area contributed by atoms with Gasteiger partial charge < -0.3 is 9.31 Å². The van der Waals surface area contributed by atoms with E-state index in [2.05, 4.69) is 168 Å². The van der Waals surface area contributed by atoms with Gasteiger partial charge in [-0.25, -0.2) is 29.9 Å². The van der Waals surface area contributed by atoms with Crippen molar-refractivity contribution in [2.75, 3.05) is 0 Å². The predicted molar refractivity (Wildman–Crippen MR) is 422 cm³/mol. The van der Waals surface area contributed by atoms with Gasteiger partial charge in [0.05, 0.1) is 11.2 Å². The van der Waals surface area contributed by atoms with E-state index in [1.807, 2.05) is 206 Å². The van der Waals surface area contributed by atoms with Crippen molar-refractivity contribution in [3.05, 3.63) is 352 Å². The number of rotatable bonds is 10. The van der Waals surface area contributed by atoms with Crippen LogP contribution >= 0.6 is 15.9 Å². The van der Waals surface area contributed by atoms with Gasteiger partial charge in [0.25, 0.3) is 0 Å². The lowest BCUT2D eigenvalue weighted by Crippen LogP contribution is -2.41. The molecule has 0 atom stereocenters. The van der Waals surface area contributed by atoms with E-state index in [-0.39, 0.29) is 33.6 Å². The molecule has 104 heavy (non-hydrogen) atoms. The summed E-state index contributed by atoms with van der Waals surface area (Å²) in [7, 11) is -0.413. The highest BCUT2D eigenvalue weighted by atomic mass is 79.9. The highest BCUT2D eigenvalue weighted by Gasteiger charge is 2.52. The van der Waals surface area contributed by atoms with Crippen LogP contribution in [0.4, 0.5) is 0 Å². The second kappa shape index (κ2) is 28.0. The number of benzene rings is 12. The normalized spacial score (nSPS) is 14.6. The van der Waals surface area contributed by atoms with Crippen LogP contribution in [0.1, 0.15) is 109 Å². The lowest BCUT2D eigenvalue weighted by molar-refractivity contribution is 0.00578. The molecular formula is C92H74BBrN6O4. The van der Waals surface area contributed by atoms with Crippen molar-refractivity contribution in [3.63, 3.8) is 0 Å². The molecule has 2 aromatic heterocycles. The van der Waals surface area contributed by atoms with Gasteiger partial charge >= 0.3 is 7.12 Å². The van der Waals surface area contributed by atoms with Gasteiger partial charge in [0, 0.05) is 70.9 Å². The largest absolute Gasteiger partial charge is 0.494 e. The number of carbonyl (C=O) groups is 2. The van der Waals surface area contributed by atoms with Gasteiger partial charge in [-0.05, 0) is 125 Å². The first kappa shape index (κ1) is 68.2. The molecule has 0 amide bonds. The van der Waals surface area contributed by atoms with Crippen molar-refractivity contribution in [2.45, 2.75) is 77.4 Å². The Hall–Kier alpha value is -11.5. The van der Waals surface area contributed by atoms with Crippen LogP contribution in [-0.4, -0.2) is 59.8 Å². The molecule has 0 unspecified atom stereocenters. The highest BCUT2D eigenvalue weighted by molar-refractivity contribution is 9.10. The minimum atomic E-state index is -0.413. The second-order valence-corrected chi connectivity index (χ2v) is 29.4. The Morgan fingerprint density at radius 2 is 0.538 bits per heavy atom. The third kappa shape index (κ3) is 13.5. The number of aromatic nitrogens is 6. The van der Waals surface area contributed by atoms with Crippen LogP contribution in [0.15, 0.2) is 308 Å². The van der Waals surface area contributed by atoms with E-state index in [1.54, 1.807) is 0 Å². The topological polar surface area (TPSA) is 130 Å². The molecule has 3 heterocycles. The number of ketones is 2. The van der Waals surface area contributed by atoms with Crippen LogP contribution < -0.4 is 5.46 Å². The summed E-state index contributed by atoms with van der Waals surface area (Å²) in [6.07, 6.45) is 0. The number of fused-ring (bicyclic) bond motifs is 4. The molecular weight excluding hydrogens is 1340 g/mol. The minimum Gasteiger partial charge on any atom is -0.399 e. The van der Waals surface area contributed by atoms with Crippen LogP contribution in [0.25, 0.3) is 102 Å². The maximum Gasteiger partial charge on any atom is 0.494 e. The molecule has 0 saturated carbocycles. The maximum atomic E-state index is 13.7. The van der Waals surface area contributed by atoms with E-state index < -0.39 is 7.12 Å². The molecule has 1 saturated heterocycles. The first-order valence-electron chi connectivity index (χ1n) is 35.0. The molecule has 0 radical (unpaired) electrons. The van der Waals surface area contributed by atoms with Crippen LogP contribution in [-0.2, 0) is 20.1 Å². The Morgan fingerprint density at radius 3 is 0.933 bits per heavy atom. The molecule has 1 fully saturated rings.